The highest BCUT2D eigenvalue weighted by Gasteiger charge is 2.08. The molecule has 0 amide bonds. The number of rotatable bonds is 4. The van der Waals surface area contributed by atoms with Crippen LogP contribution >= 0.6 is 22.9 Å². The monoisotopic (exact) mass is 255 g/mol. The summed E-state index contributed by atoms with van der Waals surface area (Å²) in [5, 5.41) is 0. The Morgan fingerprint density at radius 1 is 1.60 bits per heavy atom. The van der Waals surface area contributed by atoms with Crippen molar-refractivity contribution in [2.24, 2.45) is 0 Å². The van der Waals surface area contributed by atoms with E-state index in [9.17, 15) is 4.79 Å². The van der Waals surface area contributed by atoms with E-state index in [0.29, 0.717) is 24.8 Å². The molecule has 0 unspecified atom stereocenters. The first-order valence-corrected chi connectivity index (χ1v) is 4.48. The normalized spacial score (nSPS) is 11.0. The maximum Gasteiger partial charge on any atom is 0.147 e. The Balaban J connectivity index is 3.57. The standard InChI is InChI=1S/C7H14INO/c1-4-7(10)5-9(8)6(2)3/h6H,4-5H2,1-3H3. The van der Waals surface area contributed by atoms with E-state index >= 15 is 0 Å². The second kappa shape index (κ2) is 5.07. The third-order valence-corrected chi connectivity index (χ3v) is 2.74. The van der Waals surface area contributed by atoms with Crippen LogP contribution in [-0.4, -0.2) is 21.5 Å². The van der Waals surface area contributed by atoms with Crippen molar-refractivity contribution in [2.45, 2.75) is 33.2 Å². The minimum Gasteiger partial charge on any atom is -0.298 e. The van der Waals surface area contributed by atoms with E-state index in [2.05, 4.69) is 36.7 Å². The summed E-state index contributed by atoms with van der Waals surface area (Å²) in [7, 11) is 0. The van der Waals surface area contributed by atoms with E-state index < -0.39 is 0 Å². The molecule has 0 bridgehead atoms. The Morgan fingerprint density at radius 2 is 2.10 bits per heavy atom. The lowest BCUT2D eigenvalue weighted by Crippen LogP contribution is -2.26. The van der Waals surface area contributed by atoms with Gasteiger partial charge in [0.2, 0.25) is 0 Å². The molecular weight excluding hydrogens is 241 g/mol. The molecular formula is C7H14INO. The van der Waals surface area contributed by atoms with Crippen molar-refractivity contribution < 1.29 is 4.79 Å². The molecule has 3 heteroatoms. The quantitative estimate of drug-likeness (QED) is 0.566. The molecule has 0 aliphatic rings. The molecule has 10 heavy (non-hydrogen) atoms. The third-order valence-electron chi connectivity index (χ3n) is 1.28. The zero-order valence-corrected chi connectivity index (χ0v) is 8.88. The fourth-order valence-electron chi connectivity index (χ4n) is 0.463. The van der Waals surface area contributed by atoms with Gasteiger partial charge in [-0.25, -0.2) is 3.11 Å². The van der Waals surface area contributed by atoms with E-state index in [4.69, 9.17) is 0 Å². The predicted octanol–water partition coefficient (Wildman–Crippen LogP) is 2.03. The Kier molecular flexibility index (Phi) is 5.25. The van der Waals surface area contributed by atoms with Crippen molar-refractivity contribution in [3.05, 3.63) is 0 Å². The summed E-state index contributed by atoms with van der Waals surface area (Å²) in [6.07, 6.45) is 0.645. The number of Topliss-reactive ketones (excluding diaryl/α,β-unsaturated/α-hetero) is 1. The summed E-state index contributed by atoms with van der Waals surface area (Å²) >= 11 is 2.18. The third kappa shape index (κ3) is 4.22. The molecule has 0 spiro atoms. The highest BCUT2D eigenvalue weighted by atomic mass is 127. The molecule has 0 heterocycles. The van der Waals surface area contributed by atoms with Crippen molar-refractivity contribution in [2.75, 3.05) is 6.54 Å². The molecule has 0 aromatic rings. The number of ketones is 1. The molecule has 0 aliphatic carbocycles. The Hall–Kier alpha value is 0.360. The van der Waals surface area contributed by atoms with Crippen LogP contribution < -0.4 is 0 Å². The lowest BCUT2D eigenvalue weighted by Gasteiger charge is -2.16. The van der Waals surface area contributed by atoms with Crippen LogP contribution in [0.4, 0.5) is 0 Å². The van der Waals surface area contributed by atoms with Gasteiger partial charge in [0.25, 0.3) is 0 Å². The van der Waals surface area contributed by atoms with Crippen molar-refractivity contribution in [3.8, 4) is 0 Å². The van der Waals surface area contributed by atoms with Crippen LogP contribution in [0.15, 0.2) is 0 Å². The molecule has 0 radical (unpaired) electrons. The van der Waals surface area contributed by atoms with Gasteiger partial charge in [-0.05, 0) is 13.8 Å². The van der Waals surface area contributed by atoms with Gasteiger partial charge in [-0.15, -0.1) is 0 Å². The number of hydrogen-bond donors (Lipinski definition) is 0. The molecule has 0 saturated heterocycles. The summed E-state index contributed by atoms with van der Waals surface area (Å²) in [5.41, 5.74) is 0. The molecule has 0 rings (SSSR count). The Labute approximate surface area is 76.5 Å². The Morgan fingerprint density at radius 3 is 2.40 bits per heavy atom. The summed E-state index contributed by atoms with van der Waals surface area (Å²) < 4.78 is 2.02. The first-order valence-electron chi connectivity index (χ1n) is 3.52. The largest absolute Gasteiger partial charge is 0.298 e. The number of halogens is 1. The molecule has 0 saturated carbocycles. The van der Waals surface area contributed by atoms with E-state index in [1.54, 1.807) is 0 Å². The molecule has 2 nitrogen and oxygen atoms in total. The number of carbonyl (C=O) groups is 1. The number of hydrogen-bond acceptors (Lipinski definition) is 2. The topological polar surface area (TPSA) is 20.3 Å². The van der Waals surface area contributed by atoms with Crippen LogP contribution in [0.25, 0.3) is 0 Å². The van der Waals surface area contributed by atoms with Gasteiger partial charge >= 0.3 is 0 Å². The van der Waals surface area contributed by atoms with E-state index in [0.717, 1.165) is 0 Å². The van der Waals surface area contributed by atoms with Crippen molar-refractivity contribution in [1.29, 1.82) is 0 Å². The Bertz CT molecular complexity index is 114. The van der Waals surface area contributed by atoms with E-state index in [1.807, 2.05) is 10.0 Å². The van der Waals surface area contributed by atoms with Gasteiger partial charge in [-0.3, -0.25) is 4.79 Å². The highest BCUT2D eigenvalue weighted by molar-refractivity contribution is 14.1. The zero-order chi connectivity index (χ0) is 8.15. The van der Waals surface area contributed by atoms with Crippen LogP contribution in [0.5, 0.6) is 0 Å². The lowest BCUT2D eigenvalue weighted by molar-refractivity contribution is -0.118. The maximum atomic E-state index is 10.9. The van der Waals surface area contributed by atoms with Crippen LogP contribution in [0.2, 0.25) is 0 Å². The number of carbonyl (C=O) groups excluding carboxylic acids is 1. The lowest BCUT2D eigenvalue weighted by atomic mass is 10.3. The van der Waals surface area contributed by atoms with Gasteiger partial charge in [0.15, 0.2) is 0 Å². The molecule has 0 fully saturated rings. The van der Waals surface area contributed by atoms with Gasteiger partial charge in [-0.2, -0.15) is 0 Å². The maximum absolute atomic E-state index is 10.9. The molecule has 0 atom stereocenters. The summed E-state index contributed by atoms with van der Waals surface area (Å²) in [5.74, 6) is 0.308. The van der Waals surface area contributed by atoms with Gasteiger partial charge < -0.3 is 0 Å². The fourth-order valence-corrected chi connectivity index (χ4v) is 0.843. The van der Waals surface area contributed by atoms with E-state index in [1.165, 1.54) is 0 Å². The second-order valence-electron chi connectivity index (χ2n) is 2.54. The smallest absolute Gasteiger partial charge is 0.147 e. The van der Waals surface area contributed by atoms with Crippen molar-refractivity contribution in [3.63, 3.8) is 0 Å². The summed E-state index contributed by atoms with van der Waals surface area (Å²) in [6, 6.07) is 0.455. The zero-order valence-electron chi connectivity index (χ0n) is 6.72. The SMILES string of the molecule is CCC(=O)CN(I)C(C)C. The van der Waals surface area contributed by atoms with Crippen LogP contribution in [0.1, 0.15) is 27.2 Å². The fraction of sp³-hybridized carbons (Fsp3) is 0.857. The van der Waals surface area contributed by atoms with Gasteiger partial charge in [0, 0.05) is 35.3 Å². The second-order valence-corrected chi connectivity index (χ2v) is 3.78. The minimum atomic E-state index is 0.308. The van der Waals surface area contributed by atoms with Gasteiger partial charge in [-0.1, -0.05) is 6.92 Å². The molecule has 0 aromatic carbocycles. The predicted molar refractivity (Wildman–Crippen MR) is 51.2 cm³/mol. The molecule has 0 aromatic heterocycles. The minimum absolute atomic E-state index is 0.308. The average Bonchev–Trinajstić information content (AvgIpc) is 1.87. The first kappa shape index (κ1) is 10.4. The van der Waals surface area contributed by atoms with Crippen molar-refractivity contribution >= 4 is 28.6 Å². The first-order chi connectivity index (χ1) is 4.57. The van der Waals surface area contributed by atoms with E-state index in [-0.39, 0.29) is 0 Å². The molecule has 0 aliphatic heterocycles. The van der Waals surface area contributed by atoms with Crippen LogP contribution in [-0.2, 0) is 4.79 Å². The van der Waals surface area contributed by atoms with Crippen LogP contribution in [0.3, 0.4) is 0 Å². The van der Waals surface area contributed by atoms with Crippen molar-refractivity contribution in [1.82, 2.24) is 3.11 Å². The highest BCUT2D eigenvalue weighted by Crippen LogP contribution is 2.05. The van der Waals surface area contributed by atoms with Crippen LogP contribution in [0, 0.1) is 0 Å². The van der Waals surface area contributed by atoms with Gasteiger partial charge in [0.05, 0.1) is 6.54 Å². The average molecular weight is 255 g/mol. The molecule has 0 N–H and O–H groups in total. The molecule has 60 valence electrons. The summed E-state index contributed by atoms with van der Waals surface area (Å²) in [4.78, 5) is 10.9. The summed E-state index contributed by atoms with van der Waals surface area (Å²) in [6.45, 7) is 6.63. The number of nitrogens with zero attached hydrogens (tertiary/aromatic N) is 1. The van der Waals surface area contributed by atoms with Gasteiger partial charge in [0.1, 0.15) is 5.78 Å².